The number of amides is 1. The van der Waals surface area contributed by atoms with Crippen LogP contribution in [0.15, 0.2) is 59.7 Å². The van der Waals surface area contributed by atoms with Gasteiger partial charge in [-0.3, -0.25) is 9.89 Å². The second kappa shape index (κ2) is 7.19. The Morgan fingerprint density at radius 3 is 2.64 bits per heavy atom. The summed E-state index contributed by atoms with van der Waals surface area (Å²) in [5, 5.41) is 20.7. The van der Waals surface area contributed by atoms with Crippen molar-refractivity contribution in [2.75, 3.05) is 0 Å². The molecule has 3 aromatic rings. The number of phenolic OH excluding ortho intramolecular Hbond substituents is 1. The molecule has 0 aliphatic carbocycles. The number of benzene rings is 2. The summed E-state index contributed by atoms with van der Waals surface area (Å²) in [6.45, 7) is 1.76. The molecule has 3 rings (SSSR count). The molecule has 1 amide bonds. The van der Waals surface area contributed by atoms with Crippen LogP contribution < -0.4 is 5.43 Å². The van der Waals surface area contributed by atoms with Crippen LogP contribution in [-0.2, 0) is 0 Å². The maximum Gasteiger partial charge on any atom is 0.289 e. The molecule has 0 fully saturated rings. The van der Waals surface area contributed by atoms with Gasteiger partial charge in [-0.1, -0.05) is 29.8 Å². The Balaban J connectivity index is 1.73. The van der Waals surface area contributed by atoms with Gasteiger partial charge in [0.1, 0.15) is 11.4 Å². The standard InChI is InChI=1S/C18H15ClN4O2/c1-11(12-6-8-13(24)9-7-12)20-23-18(25)17-10-16(21-22-17)14-4-2-3-5-15(14)19/h2-10,24H,1H3,(H,21,22)(H,23,25)/b20-11+. The zero-order chi connectivity index (χ0) is 17.8. The number of rotatable bonds is 4. The van der Waals surface area contributed by atoms with Crippen LogP contribution in [0, 0.1) is 0 Å². The van der Waals surface area contributed by atoms with Gasteiger partial charge in [0.05, 0.1) is 16.4 Å². The lowest BCUT2D eigenvalue weighted by atomic mass is 10.1. The number of aromatic amines is 1. The van der Waals surface area contributed by atoms with Crippen molar-refractivity contribution in [3.05, 3.63) is 70.9 Å². The Morgan fingerprint density at radius 1 is 1.20 bits per heavy atom. The number of hydrogen-bond donors (Lipinski definition) is 3. The van der Waals surface area contributed by atoms with Crippen LogP contribution in [0.3, 0.4) is 0 Å². The zero-order valence-corrected chi connectivity index (χ0v) is 14.1. The second-order valence-corrected chi connectivity index (χ2v) is 5.74. The fraction of sp³-hybridized carbons (Fsp3) is 0.0556. The summed E-state index contributed by atoms with van der Waals surface area (Å²) in [5.41, 5.74) is 5.47. The fourth-order valence-electron chi connectivity index (χ4n) is 2.21. The highest BCUT2D eigenvalue weighted by Crippen LogP contribution is 2.26. The molecule has 25 heavy (non-hydrogen) atoms. The third kappa shape index (κ3) is 3.87. The SMILES string of the molecule is C/C(=N\NC(=O)c1cc(-c2ccccc2Cl)n[nH]1)c1ccc(O)cc1. The number of nitrogens with zero attached hydrogens (tertiary/aromatic N) is 2. The summed E-state index contributed by atoms with van der Waals surface area (Å²) in [5.74, 6) is -0.242. The largest absolute Gasteiger partial charge is 0.508 e. The summed E-state index contributed by atoms with van der Waals surface area (Å²) >= 11 is 6.14. The lowest BCUT2D eigenvalue weighted by Gasteiger charge is -2.02. The van der Waals surface area contributed by atoms with Gasteiger partial charge in [0.15, 0.2) is 0 Å². The van der Waals surface area contributed by atoms with Gasteiger partial charge in [0, 0.05) is 5.56 Å². The van der Waals surface area contributed by atoms with E-state index in [1.54, 1.807) is 43.3 Å². The van der Waals surface area contributed by atoms with Crippen molar-refractivity contribution in [2.24, 2.45) is 5.10 Å². The molecule has 1 aromatic heterocycles. The quantitative estimate of drug-likeness (QED) is 0.494. The average molecular weight is 355 g/mol. The molecule has 126 valence electrons. The average Bonchev–Trinajstić information content (AvgIpc) is 3.10. The highest BCUT2D eigenvalue weighted by atomic mass is 35.5. The molecule has 1 heterocycles. The lowest BCUT2D eigenvalue weighted by molar-refractivity contribution is 0.0950. The molecule has 3 N–H and O–H groups in total. The summed E-state index contributed by atoms with van der Waals surface area (Å²) in [7, 11) is 0. The molecule has 0 bridgehead atoms. The number of aromatic hydroxyl groups is 1. The molecule has 0 aliphatic rings. The molecule has 0 unspecified atom stereocenters. The van der Waals surface area contributed by atoms with Crippen molar-refractivity contribution in [3.8, 4) is 17.0 Å². The van der Waals surface area contributed by atoms with Gasteiger partial charge >= 0.3 is 0 Å². The smallest absolute Gasteiger partial charge is 0.289 e. The van der Waals surface area contributed by atoms with Gasteiger partial charge in [-0.25, -0.2) is 5.43 Å². The molecular weight excluding hydrogens is 340 g/mol. The Bertz CT molecular complexity index is 932. The van der Waals surface area contributed by atoms with Crippen LogP contribution in [-0.4, -0.2) is 26.9 Å². The topological polar surface area (TPSA) is 90.4 Å². The van der Waals surface area contributed by atoms with Gasteiger partial charge in [-0.05, 0) is 48.9 Å². The first kappa shape index (κ1) is 16.7. The van der Waals surface area contributed by atoms with E-state index in [-0.39, 0.29) is 11.4 Å². The minimum absolute atomic E-state index is 0.171. The maximum atomic E-state index is 12.2. The van der Waals surface area contributed by atoms with Gasteiger partial charge in [0.25, 0.3) is 5.91 Å². The molecule has 7 heteroatoms. The summed E-state index contributed by atoms with van der Waals surface area (Å²) in [6, 6.07) is 15.4. The van der Waals surface area contributed by atoms with E-state index >= 15 is 0 Å². The number of carbonyl (C=O) groups excluding carboxylic acids is 1. The van der Waals surface area contributed by atoms with Gasteiger partial charge in [-0.15, -0.1) is 0 Å². The first-order chi connectivity index (χ1) is 12.0. The predicted molar refractivity (Wildman–Crippen MR) is 96.8 cm³/mol. The Hall–Kier alpha value is -3.12. The molecule has 6 nitrogen and oxygen atoms in total. The summed E-state index contributed by atoms with van der Waals surface area (Å²) in [4.78, 5) is 12.2. The minimum atomic E-state index is -0.413. The van der Waals surface area contributed by atoms with Crippen molar-refractivity contribution in [1.82, 2.24) is 15.6 Å². The van der Waals surface area contributed by atoms with Crippen LogP contribution in [0.2, 0.25) is 5.02 Å². The maximum absolute atomic E-state index is 12.2. The Kier molecular flexibility index (Phi) is 4.81. The van der Waals surface area contributed by atoms with Crippen LogP contribution in [0.4, 0.5) is 0 Å². The van der Waals surface area contributed by atoms with E-state index in [4.69, 9.17) is 11.6 Å². The van der Waals surface area contributed by atoms with Gasteiger partial charge in [-0.2, -0.15) is 10.2 Å². The van der Waals surface area contributed by atoms with Crippen molar-refractivity contribution in [1.29, 1.82) is 0 Å². The Labute approximate surface area is 149 Å². The van der Waals surface area contributed by atoms with E-state index in [0.29, 0.717) is 16.4 Å². The number of hydrogen-bond acceptors (Lipinski definition) is 4. The highest BCUT2D eigenvalue weighted by Gasteiger charge is 2.12. The Morgan fingerprint density at radius 2 is 1.92 bits per heavy atom. The van der Waals surface area contributed by atoms with E-state index in [9.17, 15) is 9.90 Å². The molecule has 0 radical (unpaired) electrons. The number of halogens is 1. The fourth-order valence-corrected chi connectivity index (χ4v) is 2.44. The summed E-state index contributed by atoms with van der Waals surface area (Å²) in [6.07, 6.45) is 0. The number of hydrazone groups is 1. The molecule has 2 aromatic carbocycles. The van der Waals surface area contributed by atoms with Crippen molar-refractivity contribution in [2.45, 2.75) is 6.92 Å². The van der Waals surface area contributed by atoms with Crippen LogP contribution in [0.1, 0.15) is 23.0 Å². The van der Waals surface area contributed by atoms with E-state index in [0.717, 1.165) is 11.1 Å². The minimum Gasteiger partial charge on any atom is -0.508 e. The normalized spacial score (nSPS) is 11.4. The molecule has 0 spiro atoms. The molecule has 0 saturated heterocycles. The van der Waals surface area contributed by atoms with Crippen molar-refractivity contribution in [3.63, 3.8) is 0 Å². The van der Waals surface area contributed by atoms with Crippen molar-refractivity contribution < 1.29 is 9.90 Å². The molecular formula is C18H15ClN4O2. The van der Waals surface area contributed by atoms with Crippen molar-refractivity contribution >= 4 is 23.2 Å². The van der Waals surface area contributed by atoms with E-state index in [2.05, 4.69) is 20.7 Å². The van der Waals surface area contributed by atoms with Crippen LogP contribution in [0.5, 0.6) is 5.75 Å². The third-order valence-electron chi connectivity index (χ3n) is 3.58. The lowest BCUT2D eigenvalue weighted by Crippen LogP contribution is -2.19. The number of aromatic nitrogens is 2. The molecule has 0 aliphatic heterocycles. The number of H-pyrrole nitrogens is 1. The zero-order valence-electron chi connectivity index (χ0n) is 13.3. The summed E-state index contributed by atoms with van der Waals surface area (Å²) < 4.78 is 0. The number of carbonyl (C=O) groups is 1. The molecule has 0 atom stereocenters. The first-order valence-corrected chi connectivity index (χ1v) is 7.87. The predicted octanol–water partition coefficient (Wildman–Crippen LogP) is 3.59. The van der Waals surface area contributed by atoms with Gasteiger partial charge in [0.2, 0.25) is 0 Å². The number of nitrogens with one attached hydrogen (secondary N) is 2. The van der Waals surface area contributed by atoms with E-state index in [1.165, 1.54) is 0 Å². The monoisotopic (exact) mass is 354 g/mol. The third-order valence-corrected chi connectivity index (χ3v) is 3.91. The second-order valence-electron chi connectivity index (χ2n) is 5.33. The van der Waals surface area contributed by atoms with E-state index < -0.39 is 5.91 Å². The van der Waals surface area contributed by atoms with Crippen LogP contribution in [0.25, 0.3) is 11.3 Å². The van der Waals surface area contributed by atoms with Gasteiger partial charge < -0.3 is 5.11 Å². The van der Waals surface area contributed by atoms with Crippen LogP contribution >= 0.6 is 11.6 Å². The number of phenols is 1. The molecule has 0 saturated carbocycles. The highest BCUT2D eigenvalue weighted by molar-refractivity contribution is 6.33. The first-order valence-electron chi connectivity index (χ1n) is 7.49. The van der Waals surface area contributed by atoms with E-state index in [1.807, 2.05) is 18.2 Å².